The first-order valence-electron chi connectivity index (χ1n) is 10.5. The normalized spacial score (nSPS) is 11.3. The first-order chi connectivity index (χ1) is 16.8. The third-order valence-corrected chi connectivity index (χ3v) is 7.02. The summed E-state index contributed by atoms with van der Waals surface area (Å²) in [5.41, 5.74) is 1.43. The van der Waals surface area contributed by atoms with Gasteiger partial charge in [0.15, 0.2) is 32.8 Å². The van der Waals surface area contributed by atoms with Crippen molar-refractivity contribution in [1.29, 1.82) is 0 Å². The van der Waals surface area contributed by atoms with Gasteiger partial charge in [0, 0.05) is 5.56 Å². The van der Waals surface area contributed by atoms with Crippen molar-refractivity contribution in [2.45, 2.75) is 10.6 Å². The Morgan fingerprint density at radius 3 is 2.00 bits per heavy atom. The van der Waals surface area contributed by atoms with E-state index < -0.39 is 15.6 Å². The van der Waals surface area contributed by atoms with Crippen molar-refractivity contribution in [3.8, 4) is 34.5 Å². The van der Waals surface area contributed by atoms with Gasteiger partial charge in [-0.15, -0.1) is 0 Å². The minimum Gasteiger partial charge on any atom is -0.504 e. The van der Waals surface area contributed by atoms with Gasteiger partial charge >= 0.3 is 0 Å². The van der Waals surface area contributed by atoms with Gasteiger partial charge in [0.25, 0.3) is 0 Å². The van der Waals surface area contributed by atoms with E-state index in [1.807, 2.05) is 0 Å². The van der Waals surface area contributed by atoms with Gasteiger partial charge in [-0.3, -0.25) is 0 Å². The third kappa shape index (κ3) is 5.63. The van der Waals surface area contributed by atoms with E-state index in [-0.39, 0.29) is 22.0 Å². The van der Waals surface area contributed by atoms with E-state index in [0.29, 0.717) is 28.6 Å². The van der Waals surface area contributed by atoms with Crippen LogP contribution in [0.1, 0.15) is 16.7 Å². The highest BCUT2D eigenvalue weighted by molar-refractivity contribution is 7.90. The molecule has 0 amide bonds. The van der Waals surface area contributed by atoms with Gasteiger partial charge in [-0.1, -0.05) is 24.3 Å². The first kappa shape index (κ1) is 25.8. The first-order valence-corrected chi connectivity index (χ1v) is 12.2. The molecule has 0 spiro atoms. The van der Waals surface area contributed by atoms with Crippen LogP contribution in [0.25, 0.3) is 12.2 Å². The lowest BCUT2D eigenvalue weighted by molar-refractivity contribution is 0.324. The van der Waals surface area contributed by atoms with Crippen molar-refractivity contribution in [2.24, 2.45) is 0 Å². The monoisotopic (exact) mass is 500 g/mol. The number of sulfone groups is 1. The molecular formula is C26H28O8S. The second kappa shape index (κ2) is 11.1. The Labute approximate surface area is 205 Å². The molecule has 0 atom stereocenters. The maximum absolute atomic E-state index is 13.2. The fraction of sp³-hybridized carbons (Fsp3) is 0.231. The maximum atomic E-state index is 13.2. The molecule has 3 aromatic carbocycles. The Hall–Kier alpha value is -3.85. The van der Waals surface area contributed by atoms with Gasteiger partial charge in [0.05, 0.1) is 46.2 Å². The lowest BCUT2D eigenvalue weighted by Crippen LogP contribution is -2.07. The largest absolute Gasteiger partial charge is 0.504 e. The molecule has 0 heterocycles. The standard InChI is InChI=1S/C26H28O8S/c1-30-19-7-6-8-20(15-19)35(28,29)16-21-18(11-12-22(31-2)25(21)27)10-9-17-13-23(32-3)26(34-5)24(14-17)33-4/h6-15,27H,16H2,1-5H3/b10-9-. The van der Waals surface area contributed by atoms with Gasteiger partial charge in [-0.2, -0.15) is 0 Å². The van der Waals surface area contributed by atoms with Crippen LogP contribution in [0.2, 0.25) is 0 Å². The van der Waals surface area contributed by atoms with E-state index in [9.17, 15) is 13.5 Å². The highest BCUT2D eigenvalue weighted by Crippen LogP contribution is 2.39. The molecule has 0 aliphatic carbocycles. The highest BCUT2D eigenvalue weighted by Gasteiger charge is 2.22. The van der Waals surface area contributed by atoms with Gasteiger partial charge < -0.3 is 28.8 Å². The van der Waals surface area contributed by atoms with Crippen LogP contribution in [-0.2, 0) is 15.6 Å². The van der Waals surface area contributed by atoms with E-state index in [0.717, 1.165) is 5.56 Å². The van der Waals surface area contributed by atoms with Crippen molar-refractivity contribution in [1.82, 2.24) is 0 Å². The van der Waals surface area contributed by atoms with Crippen LogP contribution in [-0.4, -0.2) is 49.1 Å². The zero-order valence-corrected chi connectivity index (χ0v) is 21.0. The third-order valence-electron chi connectivity index (χ3n) is 5.38. The van der Waals surface area contributed by atoms with E-state index in [2.05, 4.69) is 0 Å². The summed E-state index contributed by atoms with van der Waals surface area (Å²) in [6, 6.07) is 13.0. The molecule has 3 rings (SSSR count). The Kier molecular flexibility index (Phi) is 8.14. The van der Waals surface area contributed by atoms with Crippen molar-refractivity contribution in [2.75, 3.05) is 35.5 Å². The number of hydrogen-bond acceptors (Lipinski definition) is 8. The molecule has 0 saturated heterocycles. The van der Waals surface area contributed by atoms with Crippen molar-refractivity contribution < 1.29 is 37.2 Å². The summed E-state index contributed by atoms with van der Waals surface area (Å²) in [7, 11) is 3.61. The van der Waals surface area contributed by atoms with Gasteiger partial charge in [0.2, 0.25) is 5.75 Å². The predicted octanol–water partition coefficient (Wildman–Crippen LogP) is 4.58. The predicted molar refractivity (Wildman–Crippen MR) is 134 cm³/mol. The molecule has 0 aromatic heterocycles. The summed E-state index contributed by atoms with van der Waals surface area (Å²) in [5, 5.41) is 10.8. The molecule has 1 N–H and O–H groups in total. The summed E-state index contributed by atoms with van der Waals surface area (Å²) in [4.78, 5) is 0.0821. The number of ether oxygens (including phenoxy) is 5. The smallest absolute Gasteiger partial charge is 0.203 e. The number of hydrogen-bond donors (Lipinski definition) is 1. The second-order valence-corrected chi connectivity index (χ2v) is 9.40. The number of phenolic OH excluding ortho intramolecular Hbond substituents is 1. The van der Waals surface area contributed by atoms with Crippen LogP contribution >= 0.6 is 0 Å². The zero-order chi connectivity index (χ0) is 25.6. The van der Waals surface area contributed by atoms with Crippen LogP contribution in [0.3, 0.4) is 0 Å². The topological polar surface area (TPSA) is 101 Å². The van der Waals surface area contributed by atoms with E-state index in [4.69, 9.17) is 23.7 Å². The lowest BCUT2D eigenvalue weighted by Gasteiger charge is -2.14. The molecule has 9 heteroatoms. The van der Waals surface area contributed by atoms with E-state index in [1.165, 1.54) is 47.7 Å². The molecule has 0 aliphatic heterocycles. The summed E-state index contributed by atoms with van der Waals surface area (Å²) in [5.74, 6) is 1.31. The van der Waals surface area contributed by atoms with Crippen molar-refractivity contribution in [3.05, 3.63) is 65.2 Å². The number of methoxy groups -OCH3 is 5. The molecule has 3 aromatic rings. The summed E-state index contributed by atoms with van der Waals surface area (Å²) in [6.45, 7) is 0. The van der Waals surface area contributed by atoms with Crippen LogP contribution in [0.4, 0.5) is 0 Å². The summed E-state index contributed by atoms with van der Waals surface area (Å²) >= 11 is 0. The molecule has 0 radical (unpaired) electrons. The SMILES string of the molecule is COc1cccc(S(=O)(=O)Cc2c(/C=C\c3cc(OC)c(OC)c(OC)c3)ccc(OC)c2O)c1. The lowest BCUT2D eigenvalue weighted by atomic mass is 10.0. The van der Waals surface area contributed by atoms with Gasteiger partial charge in [0.1, 0.15) is 5.75 Å². The van der Waals surface area contributed by atoms with Crippen LogP contribution < -0.4 is 23.7 Å². The molecule has 0 saturated carbocycles. The fourth-order valence-corrected chi connectivity index (χ4v) is 4.99. The van der Waals surface area contributed by atoms with Crippen molar-refractivity contribution >= 4 is 22.0 Å². The molecule has 0 fully saturated rings. The fourth-order valence-electron chi connectivity index (χ4n) is 3.55. The Morgan fingerprint density at radius 1 is 0.771 bits per heavy atom. The average molecular weight is 501 g/mol. The molecule has 186 valence electrons. The molecular weight excluding hydrogens is 472 g/mol. The van der Waals surface area contributed by atoms with Crippen LogP contribution in [0, 0.1) is 0 Å². The molecule has 8 nitrogen and oxygen atoms in total. The minimum absolute atomic E-state index is 0.0821. The van der Waals surface area contributed by atoms with E-state index >= 15 is 0 Å². The molecule has 0 aliphatic rings. The zero-order valence-electron chi connectivity index (χ0n) is 20.2. The number of phenols is 1. The minimum atomic E-state index is -3.82. The summed E-state index contributed by atoms with van der Waals surface area (Å²) in [6.07, 6.45) is 3.46. The highest BCUT2D eigenvalue weighted by atomic mass is 32.2. The van der Waals surface area contributed by atoms with Gasteiger partial charge in [-0.25, -0.2) is 8.42 Å². The van der Waals surface area contributed by atoms with Gasteiger partial charge in [-0.05, 0) is 47.5 Å². The van der Waals surface area contributed by atoms with Crippen LogP contribution in [0.5, 0.6) is 34.5 Å². The number of aromatic hydroxyl groups is 1. The molecule has 0 unspecified atom stereocenters. The van der Waals surface area contributed by atoms with Crippen molar-refractivity contribution in [3.63, 3.8) is 0 Å². The van der Waals surface area contributed by atoms with Crippen LogP contribution in [0.15, 0.2) is 53.4 Å². The Bertz CT molecular complexity index is 1300. The Balaban J connectivity index is 2.06. The van der Waals surface area contributed by atoms with E-state index in [1.54, 1.807) is 48.6 Å². The molecule has 0 bridgehead atoms. The second-order valence-electron chi connectivity index (χ2n) is 7.41. The number of rotatable bonds is 10. The number of benzene rings is 3. The Morgan fingerprint density at radius 2 is 1.43 bits per heavy atom. The summed E-state index contributed by atoms with van der Waals surface area (Å²) < 4.78 is 52.9. The quantitative estimate of drug-likeness (QED) is 0.404. The maximum Gasteiger partial charge on any atom is 0.203 e. The molecule has 35 heavy (non-hydrogen) atoms. The average Bonchev–Trinajstić information content (AvgIpc) is 2.88.